The van der Waals surface area contributed by atoms with Crippen molar-refractivity contribution in [3.8, 4) is 11.5 Å². The Hall–Kier alpha value is -1.74. The molecule has 0 aromatic heterocycles. The van der Waals surface area contributed by atoms with Gasteiger partial charge in [-0.1, -0.05) is 0 Å². The Bertz CT molecular complexity index is 641. The van der Waals surface area contributed by atoms with Crippen molar-refractivity contribution in [1.29, 1.82) is 0 Å². The molecule has 2 aromatic carbocycles. The van der Waals surface area contributed by atoms with E-state index in [-0.39, 0.29) is 34.5 Å². The van der Waals surface area contributed by atoms with E-state index in [2.05, 4.69) is 0 Å². The second-order valence-corrected chi connectivity index (χ2v) is 7.73. The number of benzene rings is 2. The second kappa shape index (κ2) is 10.2. The molecular weight excluding hydrogens is 352 g/mol. The van der Waals surface area contributed by atoms with Crippen LogP contribution in [0, 0.1) is 0 Å². The first-order valence-corrected chi connectivity index (χ1v) is 9.68. The summed E-state index contributed by atoms with van der Waals surface area (Å²) in [5.74, 6) is 1.49. The Kier molecular flexibility index (Phi) is 8.62. The van der Waals surface area contributed by atoms with Gasteiger partial charge in [0, 0.05) is 11.5 Å². The number of phenolic OH excluding ortho intramolecular Hbond substituents is 2. The summed E-state index contributed by atoms with van der Waals surface area (Å²) in [7, 11) is -3.59. The van der Waals surface area contributed by atoms with Gasteiger partial charge in [-0.2, -0.15) is 11.8 Å². The maximum atomic E-state index is 12.1. The molecule has 24 heavy (non-hydrogen) atoms. The fourth-order valence-electron chi connectivity index (χ4n) is 1.62. The quantitative estimate of drug-likeness (QED) is 0.570. The van der Waals surface area contributed by atoms with E-state index in [4.69, 9.17) is 20.4 Å². The van der Waals surface area contributed by atoms with Gasteiger partial charge in [0.25, 0.3) is 0 Å². The lowest BCUT2D eigenvalue weighted by molar-refractivity contribution is 0.318. The van der Waals surface area contributed by atoms with Crippen molar-refractivity contribution < 1.29 is 28.8 Å². The zero-order valence-electron chi connectivity index (χ0n) is 12.9. The van der Waals surface area contributed by atoms with Crippen LogP contribution in [0.15, 0.2) is 58.3 Å². The molecule has 0 aliphatic carbocycles. The summed E-state index contributed by atoms with van der Waals surface area (Å²) in [6.07, 6.45) is 0. The van der Waals surface area contributed by atoms with Gasteiger partial charge < -0.3 is 20.4 Å². The van der Waals surface area contributed by atoms with E-state index in [1.807, 2.05) is 0 Å². The highest BCUT2D eigenvalue weighted by atomic mass is 32.2. The molecule has 0 unspecified atom stereocenters. The molecule has 6 nitrogen and oxygen atoms in total. The Balaban J connectivity index is 0.000000351. The highest BCUT2D eigenvalue weighted by Gasteiger charge is 2.17. The van der Waals surface area contributed by atoms with E-state index < -0.39 is 9.84 Å². The summed E-state index contributed by atoms with van der Waals surface area (Å²) >= 11 is 1.55. The van der Waals surface area contributed by atoms with Gasteiger partial charge in [-0.3, -0.25) is 0 Å². The third-order valence-electron chi connectivity index (χ3n) is 2.77. The third kappa shape index (κ3) is 6.40. The molecule has 0 radical (unpaired) electrons. The number of aliphatic hydroxyl groups is 2. The number of rotatable bonds is 6. The van der Waals surface area contributed by atoms with E-state index in [1.54, 1.807) is 11.8 Å². The van der Waals surface area contributed by atoms with Gasteiger partial charge >= 0.3 is 0 Å². The number of sulfone groups is 1. The molecule has 0 atom stereocenters. The van der Waals surface area contributed by atoms with E-state index in [0.29, 0.717) is 0 Å². The predicted molar refractivity (Wildman–Crippen MR) is 93.2 cm³/mol. The summed E-state index contributed by atoms with van der Waals surface area (Å²) < 4.78 is 24.2. The first-order valence-electron chi connectivity index (χ1n) is 7.04. The lowest BCUT2D eigenvalue weighted by Gasteiger charge is -2.04. The van der Waals surface area contributed by atoms with E-state index >= 15 is 0 Å². The van der Waals surface area contributed by atoms with Crippen molar-refractivity contribution in [1.82, 2.24) is 0 Å². The van der Waals surface area contributed by atoms with Crippen molar-refractivity contribution in [2.75, 3.05) is 24.7 Å². The molecule has 0 fully saturated rings. The minimum Gasteiger partial charge on any atom is -0.508 e. The first-order chi connectivity index (χ1) is 11.4. The van der Waals surface area contributed by atoms with Crippen LogP contribution in [0.3, 0.4) is 0 Å². The highest BCUT2D eigenvalue weighted by Crippen LogP contribution is 2.23. The van der Waals surface area contributed by atoms with Crippen LogP contribution in [0.4, 0.5) is 0 Å². The standard InChI is InChI=1S/C12H10O4S.C4H10O2S/c13-9-1-5-11(6-2-9)17(15,16)12-7-3-10(14)4-8-12;5-1-3-7-4-2-6/h1-8,13-14H;5-6H,1-4H2. The van der Waals surface area contributed by atoms with Gasteiger partial charge in [-0.05, 0) is 48.5 Å². The number of aromatic hydroxyl groups is 2. The van der Waals surface area contributed by atoms with E-state index in [9.17, 15) is 8.42 Å². The molecule has 0 bridgehead atoms. The minimum atomic E-state index is -3.59. The van der Waals surface area contributed by atoms with Crippen LogP contribution in [0.1, 0.15) is 0 Å². The Labute approximate surface area is 145 Å². The number of hydrogen-bond donors (Lipinski definition) is 4. The maximum Gasteiger partial charge on any atom is 0.206 e. The molecule has 0 aliphatic rings. The van der Waals surface area contributed by atoms with Crippen molar-refractivity contribution in [2.24, 2.45) is 0 Å². The van der Waals surface area contributed by atoms with Crippen molar-refractivity contribution in [2.45, 2.75) is 9.79 Å². The van der Waals surface area contributed by atoms with E-state index in [1.165, 1.54) is 48.5 Å². The van der Waals surface area contributed by atoms with Crippen LogP contribution in [0.2, 0.25) is 0 Å². The summed E-state index contributed by atoms with van der Waals surface area (Å²) in [6.45, 7) is 0.426. The largest absolute Gasteiger partial charge is 0.508 e. The van der Waals surface area contributed by atoms with Gasteiger partial charge in [-0.15, -0.1) is 0 Å². The minimum absolute atomic E-state index is 0.00894. The van der Waals surface area contributed by atoms with Gasteiger partial charge in [0.05, 0.1) is 23.0 Å². The highest BCUT2D eigenvalue weighted by molar-refractivity contribution is 7.99. The fourth-order valence-corrected chi connectivity index (χ4v) is 3.34. The monoisotopic (exact) mass is 372 g/mol. The zero-order valence-corrected chi connectivity index (χ0v) is 14.5. The molecule has 0 aliphatic heterocycles. The smallest absolute Gasteiger partial charge is 0.206 e. The van der Waals surface area contributed by atoms with Crippen LogP contribution < -0.4 is 0 Å². The third-order valence-corrected chi connectivity index (χ3v) is 5.49. The molecule has 0 saturated carbocycles. The van der Waals surface area contributed by atoms with E-state index in [0.717, 1.165) is 11.5 Å². The summed E-state index contributed by atoms with van der Waals surface area (Å²) in [6, 6.07) is 10.6. The predicted octanol–water partition coefficient (Wildman–Crippen LogP) is 1.63. The van der Waals surface area contributed by atoms with Crippen LogP contribution >= 0.6 is 11.8 Å². The van der Waals surface area contributed by atoms with Crippen LogP contribution in [-0.4, -0.2) is 53.6 Å². The Morgan fingerprint density at radius 2 is 1.04 bits per heavy atom. The molecular formula is C16H20O6S2. The average Bonchev–Trinajstić information content (AvgIpc) is 2.57. The van der Waals surface area contributed by atoms with Crippen LogP contribution in [0.25, 0.3) is 0 Å². The van der Waals surface area contributed by atoms with Crippen molar-refractivity contribution >= 4 is 21.6 Å². The molecule has 0 spiro atoms. The summed E-state index contributed by atoms with van der Waals surface area (Å²) in [5, 5.41) is 34.6. The molecule has 0 heterocycles. The second-order valence-electron chi connectivity index (χ2n) is 4.55. The van der Waals surface area contributed by atoms with Crippen LogP contribution in [0.5, 0.6) is 11.5 Å². The summed E-state index contributed by atoms with van der Waals surface area (Å²) in [5.41, 5.74) is 0. The van der Waals surface area contributed by atoms with Crippen molar-refractivity contribution in [3.05, 3.63) is 48.5 Å². The molecule has 4 N–H and O–H groups in total. The number of thioether (sulfide) groups is 1. The lowest BCUT2D eigenvalue weighted by atomic mass is 10.3. The number of hydrogen-bond acceptors (Lipinski definition) is 7. The molecule has 132 valence electrons. The molecule has 0 saturated heterocycles. The lowest BCUT2D eigenvalue weighted by Crippen LogP contribution is -2.01. The topological polar surface area (TPSA) is 115 Å². The van der Waals surface area contributed by atoms with Crippen molar-refractivity contribution in [3.63, 3.8) is 0 Å². The van der Waals surface area contributed by atoms with Gasteiger partial charge in [-0.25, -0.2) is 8.42 Å². The maximum absolute atomic E-state index is 12.1. The molecule has 8 heteroatoms. The zero-order chi connectivity index (χ0) is 18.0. The van der Waals surface area contributed by atoms with Gasteiger partial charge in [0.15, 0.2) is 0 Å². The number of aliphatic hydroxyl groups excluding tert-OH is 2. The van der Waals surface area contributed by atoms with Crippen LogP contribution in [-0.2, 0) is 9.84 Å². The Morgan fingerprint density at radius 1 is 0.708 bits per heavy atom. The number of phenols is 2. The molecule has 0 amide bonds. The first kappa shape index (κ1) is 20.3. The average molecular weight is 372 g/mol. The Morgan fingerprint density at radius 3 is 1.33 bits per heavy atom. The van der Waals surface area contributed by atoms with Gasteiger partial charge in [0.1, 0.15) is 11.5 Å². The SMILES string of the molecule is O=S(=O)(c1ccc(O)cc1)c1ccc(O)cc1.OCCSCCO. The normalized spacial score (nSPS) is 10.8. The fraction of sp³-hybridized carbons (Fsp3) is 0.250. The summed E-state index contributed by atoms with van der Waals surface area (Å²) in [4.78, 5) is 0.196. The molecule has 2 rings (SSSR count). The van der Waals surface area contributed by atoms with Gasteiger partial charge in [0.2, 0.25) is 9.84 Å². The molecule has 2 aromatic rings.